The molecule has 0 spiro atoms. The molecule has 0 aliphatic rings. The smallest absolute Gasteiger partial charge is 0.147 e. The van der Waals surface area contributed by atoms with E-state index in [4.69, 9.17) is 4.42 Å². The monoisotopic (exact) mass is 273 g/mol. The van der Waals surface area contributed by atoms with Gasteiger partial charge in [-0.3, -0.25) is 0 Å². The largest absolute Gasteiger partial charge is 0.466 e. The van der Waals surface area contributed by atoms with Crippen molar-refractivity contribution in [3.05, 3.63) is 23.2 Å². The first-order valence-electron chi connectivity index (χ1n) is 6.31. The van der Waals surface area contributed by atoms with Crippen LogP contribution in [-0.2, 0) is 9.84 Å². The van der Waals surface area contributed by atoms with Gasteiger partial charge in [0.05, 0.1) is 5.75 Å². The maximum atomic E-state index is 11.3. The van der Waals surface area contributed by atoms with E-state index in [1.54, 1.807) is 0 Å². The maximum Gasteiger partial charge on any atom is 0.147 e. The number of furan rings is 1. The predicted octanol–water partition coefficient (Wildman–Crippen LogP) is 2.37. The van der Waals surface area contributed by atoms with Crippen LogP contribution in [0.5, 0.6) is 0 Å². The van der Waals surface area contributed by atoms with Crippen LogP contribution in [0.25, 0.3) is 0 Å². The third-order valence-corrected chi connectivity index (χ3v) is 3.85. The number of rotatable bonds is 7. The zero-order valence-corrected chi connectivity index (χ0v) is 12.4. The molecule has 0 aromatic carbocycles. The quantitative estimate of drug-likeness (QED) is 0.828. The molecule has 5 heteroatoms. The van der Waals surface area contributed by atoms with Crippen molar-refractivity contribution in [1.82, 2.24) is 5.32 Å². The maximum absolute atomic E-state index is 11.3. The van der Waals surface area contributed by atoms with Crippen LogP contribution in [0.3, 0.4) is 0 Å². The van der Waals surface area contributed by atoms with Crippen molar-refractivity contribution < 1.29 is 12.8 Å². The first kappa shape index (κ1) is 15.2. The zero-order valence-electron chi connectivity index (χ0n) is 11.6. The fourth-order valence-corrected chi connectivity index (χ4v) is 2.68. The summed E-state index contributed by atoms with van der Waals surface area (Å²) in [5.41, 5.74) is 1.07. The van der Waals surface area contributed by atoms with E-state index in [1.165, 1.54) is 6.26 Å². The lowest BCUT2D eigenvalue weighted by molar-refractivity contribution is 0.475. The number of nitrogens with one attached hydrogen (secondary N) is 1. The van der Waals surface area contributed by atoms with Gasteiger partial charge in [-0.1, -0.05) is 6.92 Å². The molecule has 4 nitrogen and oxygen atoms in total. The summed E-state index contributed by atoms with van der Waals surface area (Å²) in [6.45, 7) is 6.79. The second-order valence-corrected chi connectivity index (χ2v) is 7.05. The summed E-state index contributed by atoms with van der Waals surface area (Å²) < 4.78 is 28.1. The summed E-state index contributed by atoms with van der Waals surface area (Å²) in [7, 11) is -2.93. The van der Waals surface area contributed by atoms with E-state index >= 15 is 0 Å². The van der Waals surface area contributed by atoms with Crippen LogP contribution in [0, 0.1) is 13.8 Å². The summed E-state index contributed by atoms with van der Waals surface area (Å²) in [5, 5.41) is 3.39. The van der Waals surface area contributed by atoms with Crippen LogP contribution in [0.15, 0.2) is 10.5 Å². The second kappa shape index (κ2) is 6.38. The molecule has 1 rings (SSSR count). The first-order valence-corrected chi connectivity index (χ1v) is 8.37. The normalized spacial score (nSPS) is 13.8. The van der Waals surface area contributed by atoms with Gasteiger partial charge < -0.3 is 9.73 Å². The Balaban J connectivity index is 2.80. The third-order valence-electron chi connectivity index (χ3n) is 2.87. The highest BCUT2D eigenvalue weighted by atomic mass is 32.2. The second-order valence-electron chi connectivity index (χ2n) is 4.79. The summed E-state index contributed by atoms with van der Waals surface area (Å²) in [6.07, 6.45) is 2.88. The molecule has 0 fully saturated rings. The molecule has 18 heavy (non-hydrogen) atoms. The van der Waals surface area contributed by atoms with Crippen LogP contribution in [0.2, 0.25) is 0 Å². The van der Waals surface area contributed by atoms with Gasteiger partial charge in [0.1, 0.15) is 21.4 Å². The number of sulfone groups is 1. The fraction of sp³-hybridized carbons (Fsp3) is 0.692. The van der Waals surface area contributed by atoms with Crippen LogP contribution >= 0.6 is 0 Å². The minimum Gasteiger partial charge on any atom is -0.466 e. The predicted molar refractivity (Wildman–Crippen MR) is 73.5 cm³/mol. The molecular weight excluding hydrogens is 250 g/mol. The molecule has 0 saturated heterocycles. The highest BCUT2D eigenvalue weighted by molar-refractivity contribution is 7.90. The van der Waals surface area contributed by atoms with Crippen molar-refractivity contribution in [2.45, 2.75) is 39.7 Å². The lowest BCUT2D eigenvalue weighted by Gasteiger charge is -2.17. The Labute approximate surface area is 110 Å². The highest BCUT2D eigenvalue weighted by Crippen LogP contribution is 2.24. The third kappa shape index (κ3) is 4.82. The van der Waals surface area contributed by atoms with Gasteiger partial charge in [-0.15, -0.1) is 0 Å². The molecule has 0 aliphatic heterocycles. The zero-order chi connectivity index (χ0) is 13.8. The Hall–Kier alpha value is -0.810. The molecule has 1 heterocycles. The minimum absolute atomic E-state index is 0.0529. The lowest BCUT2D eigenvalue weighted by Crippen LogP contribution is -2.24. The van der Waals surface area contributed by atoms with Crippen molar-refractivity contribution in [2.24, 2.45) is 0 Å². The van der Waals surface area contributed by atoms with E-state index < -0.39 is 9.84 Å². The van der Waals surface area contributed by atoms with Crippen molar-refractivity contribution in [2.75, 3.05) is 18.6 Å². The van der Waals surface area contributed by atoms with Gasteiger partial charge in [0.2, 0.25) is 0 Å². The summed E-state index contributed by atoms with van der Waals surface area (Å²) >= 11 is 0. The van der Waals surface area contributed by atoms with Crippen LogP contribution in [0.1, 0.15) is 42.9 Å². The average molecular weight is 273 g/mol. The van der Waals surface area contributed by atoms with Crippen molar-refractivity contribution in [1.29, 1.82) is 0 Å². The SMILES string of the molecule is CCCNC(CCS(C)(=O)=O)c1cc(C)oc1C. The van der Waals surface area contributed by atoms with Gasteiger partial charge in [-0.05, 0) is 39.3 Å². The molecule has 1 unspecified atom stereocenters. The molecular formula is C13H23NO3S. The van der Waals surface area contributed by atoms with Gasteiger partial charge in [0, 0.05) is 17.9 Å². The van der Waals surface area contributed by atoms with Gasteiger partial charge >= 0.3 is 0 Å². The van der Waals surface area contributed by atoms with Gasteiger partial charge in [0.15, 0.2) is 0 Å². The molecule has 0 radical (unpaired) electrons. The summed E-state index contributed by atoms with van der Waals surface area (Å²) in [4.78, 5) is 0. The highest BCUT2D eigenvalue weighted by Gasteiger charge is 2.18. The van der Waals surface area contributed by atoms with E-state index in [0.717, 1.165) is 30.0 Å². The molecule has 0 bridgehead atoms. The average Bonchev–Trinajstić information content (AvgIpc) is 2.57. The van der Waals surface area contributed by atoms with Gasteiger partial charge in [-0.25, -0.2) is 8.42 Å². The van der Waals surface area contributed by atoms with Crippen molar-refractivity contribution >= 4 is 9.84 Å². The molecule has 0 aliphatic carbocycles. The minimum atomic E-state index is -2.93. The summed E-state index contributed by atoms with van der Waals surface area (Å²) in [6, 6.07) is 2.04. The Morgan fingerprint density at radius 1 is 1.39 bits per heavy atom. The standard InChI is InChI=1S/C13H23NO3S/c1-5-7-14-13(6-8-18(4,15)16)12-9-10(2)17-11(12)3/h9,13-14H,5-8H2,1-4H3. The van der Waals surface area contributed by atoms with Crippen LogP contribution in [-0.4, -0.2) is 27.0 Å². The summed E-state index contributed by atoms with van der Waals surface area (Å²) in [5.74, 6) is 1.93. The Morgan fingerprint density at radius 3 is 2.50 bits per heavy atom. The van der Waals surface area contributed by atoms with Crippen molar-refractivity contribution in [3.8, 4) is 0 Å². The molecule has 1 aromatic heterocycles. The molecule has 1 aromatic rings. The van der Waals surface area contributed by atoms with E-state index in [0.29, 0.717) is 6.42 Å². The van der Waals surface area contributed by atoms with Gasteiger partial charge in [0.25, 0.3) is 0 Å². The molecule has 104 valence electrons. The van der Waals surface area contributed by atoms with Crippen molar-refractivity contribution in [3.63, 3.8) is 0 Å². The van der Waals surface area contributed by atoms with Gasteiger partial charge in [-0.2, -0.15) is 0 Å². The number of hydrogen-bond acceptors (Lipinski definition) is 4. The topological polar surface area (TPSA) is 59.3 Å². The Bertz CT molecular complexity index is 476. The lowest BCUT2D eigenvalue weighted by atomic mass is 10.1. The number of aryl methyl sites for hydroxylation is 2. The molecule has 1 N–H and O–H groups in total. The molecule has 0 saturated carbocycles. The van der Waals surface area contributed by atoms with E-state index in [2.05, 4.69) is 12.2 Å². The van der Waals surface area contributed by atoms with Crippen LogP contribution in [0.4, 0.5) is 0 Å². The Kier molecular flexibility index (Phi) is 5.41. The van der Waals surface area contributed by atoms with E-state index in [9.17, 15) is 8.42 Å². The first-order chi connectivity index (χ1) is 8.33. The molecule has 0 amide bonds. The van der Waals surface area contributed by atoms with Crippen LogP contribution < -0.4 is 5.32 Å². The van der Waals surface area contributed by atoms with E-state index in [-0.39, 0.29) is 11.8 Å². The fourth-order valence-electron chi connectivity index (χ4n) is 2.01. The Morgan fingerprint density at radius 2 is 2.06 bits per heavy atom. The van der Waals surface area contributed by atoms with E-state index in [1.807, 2.05) is 19.9 Å². The molecule has 1 atom stereocenters. The number of hydrogen-bond donors (Lipinski definition) is 1.